The zero-order valence-corrected chi connectivity index (χ0v) is 12.8. The fraction of sp³-hybridized carbons (Fsp3) is 0.529. The maximum Gasteiger partial charge on any atom is 0.0307 e. The maximum atomic E-state index is 2.41. The van der Waals surface area contributed by atoms with Gasteiger partial charge in [-0.1, -0.05) is 65.8 Å². The van der Waals surface area contributed by atoms with E-state index in [1.165, 1.54) is 22.2 Å². The monoisotopic (exact) mass is 243 g/mol. The van der Waals surface area contributed by atoms with E-state index < -0.39 is 0 Å². The zero-order chi connectivity index (χ0) is 13.7. The molecule has 18 heavy (non-hydrogen) atoms. The van der Waals surface area contributed by atoms with Gasteiger partial charge in [0.2, 0.25) is 0 Å². The first-order valence-electron chi connectivity index (χ1n) is 6.72. The minimum absolute atomic E-state index is 0.165. The quantitative estimate of drug-likeness (QED) is 0.628. The minimum atomic E-state index is 0.165. The highest BCUT2D eigenvalue weighted by molar-refractivity contribution is 5.90. The van der Waals surface area contributed by atoms with E-state index in [1.807, 2.05) is 0 Å². The van der Waals surface area contributed by atoms with Crippen LogP contribution in [0.15, 0.2) is 24.3 Å². The van der Waals surface area contributed by atoms with E-state index in [0.717, 1.165) is 0 Å². The van der Waals surface area contributed by atoms with Crippen LogP contribution in [-0.4, -0.2) is 4.57 Å². The number of benzene rings is 1. The van der Waals surface area contributed by atoms with Gasteiger partial charge in [-0.3, -0.25) is 0 Å². The van der Waals surface area contributed by atoms with Crippen molar-refractivity contribution in [3.63, 3.8) is 0 Å². The highest BCUT2D eigenvalue weighted by Crippen LogP contribution is 2.38. The number of aromatic nitrogens is 1. The number of rotatable bonds is 0. The summed E-state index contributed by atoms with van der Waals surface area (Å²) in [5.74, 6) is 0. The maximum absolute atomic E-state index is 2.41. The summed E-state index contributed by atoms with van der Waals surface area (Å²) in [5, 5.41) is 2.80. The Hall–Kier alpha value is -1.24. The molecular weight excluding hydrogens is 218 g/mol. The first-order valence-corrected chi connectivity index (χ1v) is 6.72. The van der Waals surface area contributed by atoms with Gasteiger partial charge in [-0.05, 0) is 0 Å². The summed E-state index contributed by atoms with van der Waals surface area (Å²) in [6.45, 7) is 13.8. The van der Waals surface area contributed by atoms with Crippen LogP contribution in [-0.2, 0) is 17.9 Å². The van der Waals surface area contributed by atoms with Crippen LogP contribution in [0.2, 0.25) is 0 Å². The molecule has 0 fully saturated rings. The van der Waals surface area contributed by atoms with Crippen LogP contribution in [0.5, 0.6) is 0 Å². The Balaban J connectivity index is 2.94. The second-order valence-electron chi connectivity index (χ2n) is 7.30. The van der Waals surface area contributed by atoms with Crippen molar-refractivity contribution in [2.24, 2.45) is 7.05 Å². The molecule has 0 atom stereocenters. The van der Waals surface area contributed by atoms with Crippen molar-refractivity contribution in [3.05, 3.63) is 35.7 Å². The second kappa shape index (κ2) is 3.88. The van der Waals surface area contributed by atoms with Crippen molar-refractivity contribution in [3.8, 4) is 0 Å². The summed E-state index contributed by atoms with van der Waals surface area (Å²) in [6.07, 6.45) is 0. The van der Waals surface area contributed by atoms with Crippen molar-refractivity contribution in [2.45, 2.75) is 52.4 Å². The lowest BCUT2D eigenvalue weighted by molar-refractivity contribution is 0.501. The molecule has 1 aromatic heterocycles. The molecule has 1 heteroatoms. The van der Waals surface area contributed by atoms with Gasteiger partial charge in [0.05, 0.1) is 0 Å². The Bertz CT molecular complexity index is 523. The van der Waals surface area contributed by atoms with E-state index in [0.29, 0.717) is 0 Å². The van der Waals surface area contributed by atoms with Crippen LogP contribution < -0.4 is 0 Å². The highest BCUT2D eigenvalue weighted by atomic mass is 15.0. The van der Waals surface area contributed by atoms with Crippen molar-refractivity contribution >= 4 is 10.8 Å². The number of nitrogens with zero attached hydrogens (tertiary/aromatic N) is 1. The van der Waals surface area contributed by atoms with Gasteiger partial charge in [-0.25, -0.2) is 0 Å². The molecule has 1 heterocycles. The fourth-order valence-electron chi connectivity index (χ4n) is 3.18. The molecular formula is C17H25N. The Labute approximate surface area is 111 Å². The summed E-state index contributed by atoms with van der Waals surface area (Å²) >= 11 is 0. The SMILES string of the molecule is Cn1c(C(C)(C)C)c2ccccc2c1C(C)(C)C. The molecule has 0 saturated carbocycles. The van der Waals surface area contributed by atoms with Gasteiger partial charge in [0, 0.05) is 40.0 Å². The van der Waals surface area contributed by atoms with E-state index in [-0.39, 0.29) is 10.8 Å². The zero-order valence-electron chi connectivity index (χ0n) is 12.8. The molecule has 1 aromatic carbocycles. The topological polar surface area (TPSA) is 4.93 Å². The third-order valence-corrected chi connectivity index (χ3v) is 3.53. The van der Waals surface area contributed by atoms with Gasteiger partial charge >= 0.3 is 0 Å². The van der Waals surface area contributed by atoms with Gasteiger partial charge in [0.1, 0.15) is 0 Å². The van der Waals surface area contributed by atoms with E-state index >= 15 is 0 Å². The average Bonchev–Trinajstić information content (AvgIpc) is 2.47. The molecule has 0 radical (unpaired) electrons. The summed E-state index contributed by atoms with van der Waals surface area (Å²) in [4.78, 5) is 0. The predicted octanol–water partition coefficient (Wildman–Crippen LogP) is 4.77. The molecule has 0 aliphatic carbocycles. The number of hydrogen-bond acceptors (Lipinski definition) is 0. The van der Waals surface area contributed by atoms with Crippen LogP contribution in [0.4, 0.5) is 0 Å². The minimum Gasteiger partial charge on any atom is -0.349 e. The van der Waals surface area contributed by atoms with Crippen molar-refractivity contribution < 1.29 is 0 Å². The summed E-state index contributed by atoms with van der Waals surface area (Å²) in [6, 6.07) is 8.80. The van der Waals surface area contributed by atoms with E-state index in [2.05, 4.69) is 77.4 Å². The first kappa shape index (κ1) is 13.2. The summed E-state index contributed by atoms with van der Waals surface area (Å²) < 4.78 is 2.41. The largest absolute Gasteiger partial charge is 0.349 e. The van der Waals surface area contributed by atoms with Crippen LogP contribution in [0, 0.1) is 0 Å². The molecule has 0 N–H and O–H groups in total. The average molecular weight is 243 g/mol. The molecule has 0 aliphatic heterocycles. The van der Waals surface area contributed by atoms with E-state index in [9.17, 15) is 0 Å². The van der Waals surface area contributed by atoms with Gasteiger partial charge in [0.15, 0.2) is 0 Å². The molecule has 0 aliphatic rings. The lowest BCUT2D eigenvalue weighted by atomic mass is 9.88. The van der Waals surface area contributed by atoms with E-state index in [1.54, 1.807) is 0 Å². The molecule has 1 nitrogen and oxygen atoms in total. The van der Waals surface area contributed by atoms with Crippen LogP contribution in [0.3, 0.4) is 0 Å². The molecule has 0 bridgehead atoms. The molecule has 2 aromatic rings. The molecule has 2 rings (SSSR count). The second-order valence-corrected chi connectivity index (χ2v) is 7.30. The van der Waals surface area contributed by atoms with Crippen LogP contribution >= 0.6 is 0 Å². The van der Waals surface area contributed by atoms with E-state index in [4.69, 9.17) is 0 Å². The molecule has 98 valence electrons. The van der Waals surface area contributed by atoms with Gasteiger partial charge in [0.25, 0.3) is 0 Å². The molecule has 0 spiro atoms. The fourth-order valence-corrected chi connectivity index (χ4v) is 3.18. The highest BCUT2D eigenvalue weighted by Gasteiger charge is 2.28. The Morgan fingerprint density at radius 1 is 0.722 bits per heavy atom. The van der Waals surface area contributed by atoms with Gasteiger partial charge in [-0.2, -0.15) is 0 Å². The summed E-state index contributed by atoms with van der Waals surface area (Å²) in [7, 11) is 2.21. The van der Waals surface area contributed by atoms with Crippen molar-refractivity contribution in [1.82, 2.24) is 4.57 Å². The van der Waals surface area contributed by atoms with Crippen LogP contribution in [0.25, 0.3) is 10.8 Å². The standard InChI is InChI=1S/C17H25N/c1-16(2,3)14-12-10-8-9-11-13(12)15(18(14)7)17(4,5)6/h8-11H,1-7H3. The van der Waals surface area contributed by atoms with Crippen LogP contribution in [0.1, 0.15) is 52.9 Å². The van der Waals surface area contributed by atoms with Gasteiger partial charge in [-0.15, -0.1) is 0 Å². The Morgan fingerprint density at radius 2 is 1.06 bits per heavy atom. The lowest BCUT2D eigenvalue weighted by Gasteiger charge is -2.25. The normalized spacial score (nSPS) is 13.3. The molecule has 0 unspecified atom stereocenters. The first-order chi connectivity index (χ1) is 8.14. The third kappa shape index (κ3) is 1.96. The predicted molar refractivity (Wildman–Crippen MR) is 80.3 cm³/mol. The molecule has 0 saturated heterocycles. The Morgan fingerprint density at radius 3 is 1.33 bits per heavy atom. The molecule has 0 amide bonds. The third-order valence-electron chi connectivity index (χ3n) is 3.53. The lowest BCUT2D eigenvalue weighted by Crippen LogP contribution is -2.21. The smallest absolute Gasteiger partial charge is 0.0307 e. The Kier molecular flexibility index (Phi) is 2.84. The number of fused-ring (bicyclic) bond motifs is 1. The number of hydrogen-bond donors (Lipinski definition) is 0. The van der Waals surface area contributed by atoms with Crippen molar-refractivity contribution in [2.75, 3.05) is 0 Å². The van der Waals surface area contributed by atoms with Crippen molar-refractivity contribution in [1.29, 1.82) is 0 Å². The van der Waals surface area contributed by atoms with Gasteiger partial charge < -0.3 is 4.57 Å². The summed E-state index contributed by atoms with van der Waals surface area (Å²) in [5.41, 5.74) is 3.20.